The highest BCUT2D eigenvalue weighted by molar-refractivity contribution is 5.16. The van der Waals surface area contributed by atoms with E-state index in [1.54, 1.807) is 6.42 Å². The molecular formula is C13H24N2. The second kappa shape index (κ2) is 3.46. The molecule has 0 amide bonds. The Hall–Kier alpha value is -0.0800. The smallest absolute Gasteiger partial charge is 0.0136 e. The van der Waals surface area contributed by atoms with Gasteiger partial charge in [0, 0.05) is 12.1 Å². The number of rotatable bonds is 4. The summed E-state index contributed by atoms with van der Waals surface area (Å²) in [6.07, 6.45) is 4.59. The molecule has 15 heavy (non-hydrogen) atoms. The zero-order valence-electron chi connectivity index (χ0n) is 9.95. The third-order valence-electron chi connectivity index (χ3n) is 5.31. The molecule has 0 aromatic carbocycles. The highest BCUT2D eigenvalue weighted by atomic mass is 15.0. The van der Waals surface area contributed by atoms with Crippen LogP contribution in [0.1, 0.15) is 33.1 Å². The SMILES string of the molecule is CC(N)C(C)CNC1C2C3CCC(C3)C12. The average Bonchev–Trinajstić information content (AvgIpc) is 2.61. The van der Waals surface area contributed by atoms with Crippen molar-refractivity contribution in [1.82, 2.24) is 5.32 Å². The molecule has 3 saturated carbocycles. The molecule has 3 aliphatic rings. The molecule has 2 heteroatoms. The molecule has 3 rings (SSSR count). The first-order valence-electron chi connectivity index (χ1n) is 6.67. The van der Waals surface area contributed by atoms with E-state index in [4.69, 9.17) is 5.73 Å². The summed E-state index contributed by atoms with van der Waals surface area (Å²) in [5.74, 6) is 4.91. The van der Waals surface area contributed by atoms with Gasteiger partial charge in [0.15, 0.2) is 0 Å². The first-order chi connectivity index (χ1) is 7.18. The zero-order valence-corrected chi connectivity index (χ0v) is 9.95. The van der Waals surface area contributed by atoms with Crippen LogP contribution in [-0.2, 0) is 0 Å². The topological polar surface area (TPSA) is 38.0 Å². The monoisotopic (exact) mass is 208 g/mol. The van der Waals surface area contributed by atoms with Crippen LogP contribution in [0.25, 0.3) is 0 Å². The van der Waals surface area contributed by atoms with Gasteiger partial charge < -0.3 is 11.1 Å². The van der Waals surface area contributed by atoms with Gasteiger partial charge in [0.1, 0.15) is 0 Å². The highest BCUT2D eigenvalue weighted by Gasteiger charge is 2.64. The van der Waals surface area contributed by atoms with Gasteiger partial charge in [0.25, 0.3) is 0 Å². The normalized spacial score (nSPS) is 50.2. The van der Waals surface area contributed by atoms with Gasteiger partial charge >= 0.3 is 0 Å². The maximum absolute atomic E-state index is 5.89. The third kappa shape index (κ3) is 1.53. The van der Waals surface area contributed by atoms with Gasteiger partial charge in [-0.25, -0.2) is 0 Å². The van der Waals surface area contributed by atoms with E-state index in [9.17, 15) is 0 Å². The Labute approximate surface area is 93.0 Å². The summed E-state index contributed by atoms with van der Waals surface area (Å²) < 4.78 is 0. The Morgan fingerprint density at radius 1 is 1.20 bits per heavy atom. The molecular weight excluding hydrogens is 184 g/mol. The number of hydrogen-bond acceptors (Lipinski definition) is 2. The van der Waals surface area contributed by atoms with Crippen molar-refractivity contribution in [3.8, 4) is 0 Å². The van der Waals surface area contributed by atoms with Gasteiger partial charge in [-0.1, -0.05) is 6.92 Å². The number of fused-ring (bicyclic) bond motifs is 5. The first kappa shape index (κ1) is 10.1. The van der Waals surface area contributed by atoms with Crippen molar-refractivity contribution in [2.75, 3.05) is 6.54 Å². The summed E-state index contributed by atoms with van der Waals surface area (Å²) >= 11 is 0. The summed E-state index contributed by atoms with van der Waals surface area (Å²) in [7, 11) is 0. The second-order valence-electron chi connectivity index (χ2n) is 6.26. The van der Waals surface area contributed by atoms with Crippen molar-refractivity contribution < 1.29 is 0 Å². The maximum Gasteiger partial charge on any atom is 0.0136 e. The molecule has 86 valence electrons. The molecule has 2 bridgehead atoms. The zero-order chi connectivity index (χ0) is 10.6. The summed E-state index contributed by atoms with van der Waals surface area (Å²) in [5, 5.41) is 3.76. The van der Waals surface area contributed by atoms with Crippen molar-refractivity contribution >= 4 is 0 Å². The minimum Gasteiger partial charge on any atom is -0.328 e. The molecule has 0 aromatic heterocycles. The lowest BCUT2D eigenvalue weighted by molar-refractivity contribution is 0.402. The van der Waals surface area contributed by atoms with Crippen LogP contribution in [0.3, 0.4) is 0 Å². The van der Waals surface area contributed by atoms with Crippen molar-refractivity contribution in [2.24, 2.45) is 35.3 Å². The van der Waals surface area contributed by atoms with E-state index in [1.165, 1.54) is 12.8 Å². The van der Waals surface area contributed by atoms with E-state index in [0.29, 0.717) is 12.0 Å². The van der Waals surface area contributed by atoms with E-state index in [-0.39, 0.29) is 0 Å². The lowest BCUT2D eigenvalue weighted by Gasteiger charge is -2.17. The van der Waals surface area contributed by atoms with Gasteiger partial charge in [-0.3, -0.25) is 0 Å². The van der Waals surface area contributed by atoms with Crippen LogP contribution in [0.2, 0.25) is 0 Å². The predicted molar refractivity (Wildman–Crippen MR) is 62.4 cm³/mol. The van der Waals surface area contributed by atoms with Crippen molar-refractivity contribution in [1.29, 1.82) is 0 Å². The van der Waals surface area contributed by atoms with E-state index in [2.05, 4.69) is 19.2 Å². The summed E-state index contributed by atoms with van der Waals surface area (Å²) in [4.78, 5) is 0. The van der Waals surface area contributed by atoms with Crippen LogP contribution >= 0.6 is 0 Å². The summed E-state index contributed by atoms with van der Waals surface area (Å²) in [6.45, 7) is 5.49. The fourth-order valence-electron chi connectivity index (χ4n) is 4.11. The van der Waals surface area contributed by atoms with Crippen LogP contribution in [0.5, 0.6) is 0 Å². The Morgan fingerprint density at radius 2 is 1.80 bits per heavy atom. The molecule has 0 saturated heterocycles. The Bertz CT molecular complexity index is 235. The van der Waals surface area contributed by atoms with Gasteiger partial charge in [0.2, 0.25) is 0 Å². The number of nitrogens with two attached hydrogens (primary N) is 1. The van der Waals surface area contributed by atoms with Crippen LogP contribution in [0, 0.1) is 29.6 Å². The third-order valence-corrected chi connectivity index (χ3v) is 5.31. The number of hydrogen-bond donors (Lipinski definition) is 2. The first-order valence-corrected chi connectivity index (χ1v) is 6.67. The molecule has 0 aromatic rings. The lowest BCUT2D eigenvalue weighted by atomic mass is 10.0. The van der Waals surface area contributed by atoms with Crippen LogP contribution in [0.15, 0.2) is 0 Å². The molecule has 6 unspecified atom stereocenters. The Kier molecular flexibility index (Phi) is 2.33. The van der Waals surface area contributed by atoms with Gasteiger partial charge in [-0.05, 0) is 62.3 Å². The largest absolute Gasteiger partial charge is 0.328 e. The quantitative estimate of drug-likeness (QED) is 0.736. The van der Waals surface area contributed by atoms with Gasteiger partial charge in [0.05, 0.1) is 0 Å². The number of nitrogens with one attached hydrogen (secondary N) is 1. The molecule has 3 aliphatic carbocycles. The molecule has 6 atom stereocenters. The summed E-state index contributed by atoms with van der Waals surface area (Å²) in [6, 6.07) is 1.20. The van der Waals surface area contributed by atoms with Crippen molar-refractivity contribution in [2.45, 2.75) is 45.2 Å². The van der Waals surface area contributed by atoms with E-state index in [1.807, 2.05) is 0 Å². The summed E-state index contributed by atoms with van der Waals surface area (Å²) in [5.41, 5.74) is 5.89. The van der Waals surface area contributed by atoms with E-state index in [0.717, 1.165) is 36.3 Å². The van der Waals surface area contributed by atoms with Crippen molar-refractivity contribution in [3.63, 3.8) is 0 Å². The minimum atomic E-state index is 0.327. The van der Waals surface area contributed by atoms with Crippen molar-refractivity contribution in [3.05, 3.63) is 0 Å². The minimum absolute atomic E-state index is 0.327. The predicted octanol–water partition coefficient (Wildman–Crippen LogP) is 1.60. The molecule has 0 spiro atoms. The molecule has 2 nitrogen and oxygen atoms in total. The molecule has 3 fully saturated rings. The van der Waals surface area contributed by atoms with Crippen LogP contribution in [-0.4, -0.2) is 18.6 Å². The Morgan fingerprint density at radius 3 is 2.33 bits per heavy atom. The second-order valence-corrected chi connectivity index (χ2v) is 6.26. The standard InChI is InChI=1S/C13H24N2/c1-7(8(2)14)6-15-13-11-9-3-4-10(5-9)12(11)13/h7-13,15H,3-6,14H2,1-2H3. The fourth-order valence-corrected chi connectivity index (χ4v) is 4.11. The molecule has 0 aliphatic heterocycles. The van der Waals surface area contributed by atoms with Gasteiger partial charge in [-0.2, -0.15) is 0 Å². The fraction of sp³-hybridized carbons (Fsp3) is 1.00. The maximum atomic E-state index is 5.89. The molecule has 3 N–H and O–H groups in total. The molecule has 0 radical (unpaired) electrons. The van der Waals surface area contributed by atoms with Crippen LogP contribution < -0.4 is 11.1 Å². The average molecular weight is 208 g/mol. The van der Waals surface area contributed by atoms with Crippen LogP contribution in [0.4, 0.5) is 0 Å². The van der Waals surface area contributed by atoms with E-state index < -0.39 is 0 Å². The molecule has 0 heterocycles. The van der Waals surface area contributed by atoms with Gasteiger partial charge in [-0.15, -0.1) is 0 Å². The Balaban J connectivity index is 1.48. The van der Waals surface area contributed by atoms with E-state index >= 15 is 0 Å². The lowest BCUT2D eigenvalue weighted by Crippen LogP contribution is -2.35. The highest BCUT2D eigenvalue weighted by Crippen LogP contribution is 2.65.